The third kappa shape index (κ3) is 3.38. The summed E-state index contributed by atoms with van der Waals surface area (Å²) in [5.41, 5.74) is 3.19. The van der Waals surface area contributed by atoms with E-state index in [4.69, 9.17) is 0 Å². The molecule has 0 bridgehead atoms. The van der Waals surface area contributed by atoms with Gasteiger partial charge in [-0.15, -0.1) is 20.2 Å². The molecule has 0 aliphatic carbocycles. The van der Waals surface area contributed by atoms with Crippen molar-refractivity contribution in [2.75, 3.05) is 10.9 Å². The third-order valence-electron chi connectivity index (χ3n) is 1.43. The molecule has 0 unspecified atom stereocenters. The topological polar surface area (TPSA) is 213 Å². The number of hydrazine groups is 2. The predicted molar refractivity (Wildman–Crippen MR) is 54.0 cm³/mol. The lowest BCUT2D eigenvalue weighted by Crippen LogP contribution is -2.07. The van der Waals surface area contributed by atoms with Gasteiger partial charge in [-0.3, -0.25) is 0 Å². The van der Waals surface area contributed by atoms with E-state index in [2.05, 4.69) is 39.6 Å². The fraction of sp³-hybridized carbons (Fsp3) is 0. The Bertz CT molecular complexity index is 602. The standard InChI is InChI=1S/C4H2N10O6/c15-13(16)9-3-5-1(11-19-3)7-8-2-6-4(20-12-2)10-14(17)18/h(H,5,9,11)(H,6,10,12)/b8-7+. The lowest BCUT2D eigenvalue weighted by molar-refractivity contribution is -0.447. The summed E-state index contributed by atoms with van der Waals surface area (Å²) in [4.78, 5) is 27.0. The van der Waals surface area contributed by atoms with Crippen molar-refractivity contribution in [1.82, 2.24) is 20.3 Å². The van der Waals surface area contributed by atoms with Crippen LogP contribution in [0.3, 0.4) is 0 Å². The highest BCUT2D eigenvalue weighted by Gasteiger charge is 2.11. The average Bonchev–Trinajstić information content (AvgIpc) is 2.94. The minimum atomic E-state index is -0.914. The number of azo groups is 1. The van der Waals surface area contributed by atoms with E-state index in [1.54, 1.807) is 10.9 Å². The van der Waals surface area contributed by atoms with Crippen molar-refractivity contribution in [3.05, 3.63) is 20.2 Å². The molecule has 0 atom stereocenters. The second-order valence-electron chi connectivity index (χ2n) is 2.74. The molecule has 2 aromatic rings. The van der Waals surface area contributed by atoms with E-state index in [1.165, 1.54) is 0 Å². The average molecular weight is 286 g/mol. The SMILES string of the molecule is O=[N+]([O-])Nc1nc(/N=N/c2noc(N[N+](=O)[O-])n2)no1. The molecule has 0 aromatic carbocycles. The molecule has 104 valence electrons. The van der Waals surface area contributed by atoms with Gasteiger partial charge in [-0.05, 0) is 21.2 Å². The van der Waals surface area contributed by atoms with Crippen molar-refractivity contribution in [2.24, 2.45) is 10.2 Å². The first-order valence-electron chi connectivity index (χ1n) is 4.44. The Morgan fingerprint density at radius 1 is 0.900 bits per heavy atom. The van der Waals surface area contributed by atoms with Crippen molar-refractivity contribution in [3.63, 3.8) is 0 Å². The van der Waals surface area contributed by atoms with Gasteiger partial charge in [-0.2, -0.15) is 0 Å². The van der Waals surface area contributed by atoms with E-state index < -0.39 is 22.1 Å². The third-order valence-corrected chi connectivity index (χ3v) is 1.43. The van der Waals surface area contributed by atoms with Crippen molar-refractivity contribution < 1.29 is 19.1 Å². The Kier molecular flexibility index (Phi) is 3.36. The summed E-state index contributed by atoms with van der Waals surface area (Å²) >= 11 is 0. The van der Waals surface area contributed by atoms with Gasteiger partial charge in [-0.25, -0.2) is 20.2 Å². The normalized spacial score (nSPS) is 10.6. The number of hydrogen-bond donors (Lipinski definition) is 2. The lowest BCUT2D eigenvalue weighted by atomic mass is 11.0. The molecule has 0 spiro atoms. The maximum Gasteiger partial charge on any atom is 0.381 e. The smallest absolute Gasteiger partial charge is 0.308 e. The Morgan fingerprint density at radius 2 is 1.30 bits per heavy atom. The number of aromatic nitrogens is 4. The Balaban J connectivity index is 2.01. The van der Waals surface area contributed by atoms with Crippen molar-refractivity contribution in [1.29, 1.82) is 0 Å². The molecule has 20 heavy (non-hydrogen) atoms. The van der Waals surface area contributed by atoms with E-state index in [9.17, 15) is 20.2 Å². The summed E-state index contributed by atoms with van der Waals surface area (Å²) in [7, 11) is 0. The molecule has 0 aliphatic heterocycles. The summed E-state index contributed by atoms with van der Waals surface area (Å²) in [6.07, 6.45) is 0. The van der Waals surface area contributed by atoms with Crippen molar-refractivity contribution in [2.45, 2.75) is 0 Å². The van der Waals surface area contributed by atoms with Gasteiger partial charge < -0.3 is 9.05 Å². The van der Waals surface area contributed by atoms with Gasteiger partial charge >= 0.3 is 23.9 Å². The maximum absolute atomic E-state index is 10.1. The van der Waals surface area contributed by atoms with E-state index in [0.29, 0.717) is 0 Å². The van der Waals surface area contributed by atoms with Crippen LogP contribution in [-0.4, -0.2) is 30.3 Å². The van der Waals surface area contributed by atoms with Crippen LogP contribution in [0.2, 0.25) is 0 Å². The molecule has 0 fully saturated rings. The maximum atomic E-state index is 10.1. The summed E-state index contributed by atoms with van der Waals surface area (Å²) in [5, 5.41) is 31.5. The molecule has 2 heterocycles. The zero-order valence-electron chi connectivity index (χ0n) is 9.03. The van der Waals surface area contributed by atoms with Gasteiger partial charge in [0, 0.05) is 0 Å². The summed E-state index contributed by atoms with van der Waals surface area (Å²) in [6, 6.07) is -1.01. The molecule has 2 N–H and O–H groups in total. The van der Waals surface area contributed by atoms with Crippen LogP contribution >= 0.6 is 0 Å². The van der Waals surface area contributed by atoms with Crippen LogP contribution in [0, 0.1) is 20.2 Å². The molecule has 0 amide bonds. The summed E-state index contributed by atoms with van der Waals surface area (Å²) in [6.45, 7) is 0. The minimum absolute atomic E-state index is 0.358. The van der Waals surface area contributed by atoms with Gasteiger partial charge in [0.2, 0.25) is 0 Å². The highest BCUT2D eigenvalue weighted by molar-refractivity contribution is 5.25. The van der Waals surface area contributed by atoms with Crippen molar-refractivity contribution >= 4 is 23.9 Å². The minimum Gasteiger partial charge on any atom is -0.308 e. The Morgan fingerprint density at radius 3 is 1.65 bits per heavy atom. The predicted octanol–water partition coefficient (Wildman–Crippen LogP) is 0.0752. The van der Waals surface area contributed by atoms with Gasteiger partial charge in [0.25, 0.3) is 0 Å². The summed E-state index contributed by atoms with van der Waals surface area (Å²) < 4.78 is 8.78. The van der Waals surface area contributed by atoms with Gasteiger partial charge in [0.05, 0.1) is 0 Å². The fourth-order valence-corrected chi connectivity index (χ4v) is 0.849. The largest absolute Gasteiger partial charge is 0.381 e. The highest BCUT2D eigenvalue weighted by Crippen LogP contribution is 2.15. The van der Waals surface area contributed by atoms with E-state index in [-0.39, 0.29) is 11.9 Å². The molecule has 0 saturated heterocycles. The first-order valence-corrected chi connectivity index (χ1v) is 4.44. The highest BCUT2D eigenvalue weighted by atomic mass is 16.7. The molecule has 0 aliphatic rings. The summed E-state index contributed by atoms with van der Waals surface area (Å²) in [5.74, 6) is -0.717. The van der Waals surface area contributed by atoms with Gasteiger partial charge in [0.15, 0.2) is 10.1 Å². The second kappa shape index (κ2) is 5.29. The molecule has 0 saturated carbocycles. The van der Waals surface area contributed by atoms with Crippen LogP contribution in [-0.2, 0) is 0 Å². The quantitative estimate of drug-likeness (QED) is 0.409. The number of nitrogens with one attached hydrogen (secondary N) is 2. The fourth-order valence-electron chi connectivity index (χ4n) is 0.849. The van der Waals surface area contributed by atoms with Crippen molar-refractivity contribution in [3.8, 4) is 0 Å². The monoisotopic (exact) mass is 286 g/mol. The Labute approximate surface area is 106 Å². The molecule has 2 rings (SSSR count). The number of nitrogens with zero attached hydrogens (tertiary/aromatic N) is 8. The van der Waals surface area contributed by atoms with Crippen LogP contribution in [0.4, 0.5) is 23.9 Å². The van der Waals surface area contributed by atoms with E-state index in [0.717, 1.165) is 0 Å². The second-order valence-corrected chi connectivity index (χ2v) is 2.74. The first-order chi connectivity index (χ1) is 9.52. The van der Waals surface area contributed by atoms with E-state index >= 15 is 0 Å². The molecular formula is C4H2N10O6. The van der Waals surface area contributed by atoms with Crippen LogP contribution in [0.1, 0.15) is 0 Å². The Hall–Kier alpha value is -3.72. The number of rotatable bonds is 6. The van der Waals surface area contributed by atoms with Crippen LogP contribution in [0.5, 0.6) is 0 Å². The molecular weight excluding hydrogens is 284 g/mol. The van der Waals surface area contributed by atoms with Crippen LogP contribution in [0.15, 0.2) is 19.3 Å². The van der Waals surface area contributed by atoms with Gasteiger partial charge in [0.1, 0.15) is 0 Å². The van der Waals surface area contributed by atoms with E-state index in [1.807, 2.05) is 0 Å². The van der Waals surface area contributed by atoms with Crippen LogP contribution in [0.25, 0.3) is 0 Å². The zero-order valence-corrected chi connectivity index (χ0v) is 9.03. The molecule has 2 aromatic heterocycles. The van der Waals surface area contributed by atoms with Crippen LogP contribution < -0.4 is 10.9 Å². The zero-order chi connectivity index (χ0) is 14.5. The number of hydrogen-bond acceptors (Lipinski definition) is 12. The molecule has 0 radical (unpaired) electrons. The number of nitro groups is 2. The molecule has 16 heteroatoms. The van der Waals surface area contributed by atoms with Gasteiger partial charge in [-0.1, -0.05) is 0 Å². The number of anilines is 2. The first kappa shape index (κ1) is 12.7. The molecule has 16 nitrogen and oxygen atoms in total. The lowest BCUT2D eigenvalue weighted by Gasteiger charge is -1.83.